The van der Waals surface area contributed by atoms with Crippen molar-refractivity contribution in [1.82, 2.24) is 0 Å². The summed E-state index contributed by atoms with van der Waals surface area (Å²) in [6.45, 7) is 3.60. The Balaban J connectivity index is 0.000000218. The molecule has 0 saturated carbocycles. The van der Waals surface area contributed by atoms with Gasteiger partial charge >= 0.3 is 42.6 Å². The van der Waals surface area contributed by atoms with Gasteiger partial charge in [0.05, 0.1) is 0 Å². The average Bonchev–Trinajstić information content (AvgIpc) is 2.36. The van der Waals surface area contributed by atoms with Gasteiger partial charge in [0.15, 0.2) is 0 Å². The van der Waals surface area contributed by atoms with Crippen LogP contribution in [0.15, 0.2) is 30.8 Å². The molecular formula is C7H7Cl3Ti. The molecule has 4 heteroatoms. The summed E-state index contributed by atoms with van der Waals surface area (Å²) < 4.78 is 0. The van der Waals surface area contributed by atoms with Crippen LogP contribution in [0.25, 0.3) is 6.08 Å². The van der Waals surface area contributed by atoms with Gasteiger partial charge in [-0.25, -0.2) is 0 Å². The summed E-state index contributed by atoms with van der Waals surface area (Å²) >= 11 is -1.92. The maximum absolute atomic E-state index is 4.97. The van der Waals surface area contributed by atoms with Gasteiger partial charge in [0.2, 0.25) is 0 Å². The SMILES string of the molecule is C=C[c-]1cccc1.[Cl][Ti+]([Cl])[Cl]. The first-order valence-corrected chi connectivity index (χ1v) is 9.29. The topological polar surface area (TPSA) is 0 Å². The third kappa shape index (κ3) is 8.58. The van der Waals surface area contributed by atoms with E-state index in [-0.39, 0.29) is 0 Å². The molecule has 1 aromatic carbocycles. The van der Waals surface area contributed by atoms with Gasteiger partial charge in [-0.2, -0.15) is 18.7 Å². The van der Waals surface area contributed by atoms with Gasteiger partial charge in [-0.1, -0.05) is 0 Å². The van der Waals surface area contributed by atoms with E-state index in [0.29, 0.717) is 0 Å². The van der Waals surface area contributed by atoms with Crippen LogP contribution in [0.1, 0.15) is 5.56 Å². The van der Waals surface area contributed by atoms with Crippen LogP contribution in [0.4, 0.5) is 0 Å². The van der Waals surface area contributed by atoms with Gasteiger partial charge < -0.3 is 0 Å². The van der Waals surface area contributed by atoms with Crippen molar-refractivity contribution in [3.05, 3.63) is 36.4 Å². The third-order valence-corrected chi connectivity index (χ3v) is 0.924. The number of hydrogen-bond acceptors (Lipinski definition) is 0. The summed E-state index contributed by atoms with van der Waals surface area (Å²) in [5.74, 6) is 0. The molecule has 1 aromatic rings. The van der Waals surface area contributed by atoms with E-state index >= 15 is 0 Å². The molecule has 0 fully saturated rings. The van der Waals surface area contributed by atoms with Gasteiger partial charge in [0, 0.05) is 0 Å². The summed E-state index contributed by atoms with van der Waals surface area (Å²) in [6.07, 6.45) is 1.83. The van der Waals surface area contributed by atoms with Crippen molar-refractivity contribution < 1.29 is 14.7 Å². The van der Waals surface area contributed by atoms with Crippen molar-refractivity contribution in [2.24, 2.45) is 0 Å². The van der Waals surface area contributed by atoms with Crippen LogP contribution in [-0.4, -0.2) is 0 Å². The van der Waals surface area contributed by atoms with Crippen LogP contribution >= 0.6 is 27.9 Å². The molecule has 0 unspecified atom stereocenters. The summed E-state index contributed by atoms with van der Waals surface area (Å²) in [5, 5.41) is 0. The van der Waals surface area contributed by atoms with Crippen LogP contribution in [0.5, 0.6) is 0 Å². The maximum atomic E-state index is 4.97. The number of rotatable bonds is 1. The molecule has 0 amide bonds. The van der Waals surface area contributed by atoms with E-state index in [4.69, 9.17) is 27.9 Å². The summed E-state index contributed by atoms with van der Waals surface area (Å²) in [5.41, 5.74) is 1.19. The molecule has 60 valence electrons. The Morgan fingerprint density at radius 2 is 1.55 bits per heavy atom. The van der Waals surface area contributed by atoms with Crippen LogP contribution < -0.4 is 0 Å². The second-order valence-electron chi connectivity index (χ2n) is 1.64. The minimum atomic E-state index is -1.92. The van der Waals surface area contributed by atoms with Gasteiger partial charge in [0.1, 0.15) is 0 Å². The Kier molecular flexibility index (Phi) is 7.78. The predicted octanol–water partition coefficient (Wildman–Crippen LogP) is 4.11. The summed E-state index contributed by atoms with van der Waals surface area (Å²) in [7, 11) is 14.9. The van der Waals surface area contributed by atoms with Crippen molar-refractivity contribution in [3.63, 3.8) is 0 Å². The van der Waals surface area contributed by atoms with E-state index in [1.807, 2.05) is 30.3 Å². The molecule has 0 aliphatic heterocycles. The molecule has 0 aliphatic rings. The molecule has 0 aliphatic carbocycles. The molecule has 0 saturated heterocycles. The van der Waals surface area contributed by atoms with Crippen molar-refractivity contribution in [2.45, 2.75) is 0 Å². The zero-order valence-electron chi connectivity index (χ0n) is 5.73. The molecule has 11 heavy (non-hydrogen) atoms. The zero-order chi connectivity index (χ0) is 8.69. The molecule has 0 radical (unpaired) electrons. The molecule has 0 bridgehead atoms. The molecular weight excluding hydrogens is 238 g/mol. The van der Waals surface area contributed by atoms with Crippen molar-refractivity contribution >= 4 is 34.0 Å². The minimum absolute atomic E-state index is 1.19. The van der Waals surface area contributed by atoms with Crippen molar-refractivity contribution in [1.29, 1.82) is 0 Å². The second kappa shape index (κ2) is 7.33. The Labute approximate surface area is 84.6 Å². The molecule has 0 aromatic heterocycles. The monoisotopic (exact) mass is 244 g/mol. The van der Waals surface area contributed by atoms with Crippen LogP contribution in [-0.2, 0) is 14.7 Å². The Morgan fingerprint density at radius 3 is 1.73 bits per heavy atom. The van der Waals surface area contributed by atoms with E-state index in [2.05, 4.69) is 6.58 Å². The van der Waals surface area contributed by atoms with Gasteiger partial charge in [-0.05, 0) is 0 Å². The first-order chi connectivity index (χ1) is 5.16. The van der Waals surface area contributed by atoms with Crippen LogP contribution in [0, 0.1) is 0 Å². The Bertz CT molecular complexity index is 179. The van der Waals surface area contributed by atoms with Crippen LogP contribution in [0.2, 0.25) is 0 Å². The molecule has 0 spiro atoms. The second-order valence-corrected chi connectivity index (χ2v) is 9.37. The van der Waals surface area contributed by atoms with E-state index < -0.39 is 14.7 Å². The first-order valence-electron chi connectivity index (χ1n) is 2.84. The fourth-order valence-corrected chi connectivity index (χ4v) is 0.525. The van der Waals surface area contributed by atoms with Gasteiger partial charge in [-0.3, -0.25) is 0 Å². The first kappa shape index (κ1) is 11.7. The van der Waals surface area contributed by atoms with E-state index in [1.54, 1.807) is 0 Å². The normalized spacial score (nSPS) is 7.91. The average molecular weight is 245 g/mol. The van der Waals surface area contributed by atoms with E-state index in [9.17, 15) is 0 Å². The summed E-state index contributed by atoms with van der Waals surface area (Å²) in [6, 6.07) is 8.04. The van der Waals surface area contributed by atoms with E-state index in [1.165, 1.54) is 5.56 Å². The molecule has 0 N–H and O–H groups in total. The Hall–Kier alpha value is 0.674. The molecule has 0 nitrogen and oxygen atoms in total. The standard InChI is InChI=1S/C7H7.3ClH.Ti/c1-2-7-5-3-4-6-7;;;;/h2-6H,1H2;3*1H;/q-1;;;;+4/p-3. The van der Waals surface area contributed by atoms with Gasteiger partial charge in [0.25, 0.3) is 0 Å². The fourth-order valence-electron chi connectivity index (χ4n) is 0.525. The predicted molar refractivity (Wildman–Crippen MR) is 49.7 cm³/mol. The van der Waals surface area contributed by atoms with Crippen molar-refractivity contribution in [2.75, 3.05) is 0 Å². The Morgan fingerprint density at radius 1 is 1.18 bits per heavy atom. The van der Waals surface area contributed by atoms with Gasteiger partial charge in [-0.15, -0.1) is 23.8 Å². The van der Waals surface area contributed by atoms with Crippen molar-refractivity contribution in [3.8, 4) is 0 Å². The molecule has 0 atom stereocenters. The quantitative estimate of drug-likeness (QED) is 0.516. The third-order valence-electron chi connectivity index (χ3n) is 0.924. The van der Waals surface area contributed by atoms with E-state index in [0.717, 1.165) is 0 Å². The molecule has 0 heterocycles. The number of halogens is 3. The number of hydrogen-bond donors (Lipinski definition) is 0. The summed E-state index contributed by atoms with van der Waals surface area (Å²) in [4.78, 5) is 0. The molecule has 1 rings (SSSR count). The fraction of sp³-hybridized carbons (Fsp3) is 0. The zero-order valence-corrected chi connectivity index (χ0v) is 9.56. The van der Waals surface area contributed by atoms with Crippen LogP contribution in [0.3, 0.4) is 0 Å².